The predicted molar refractivity (Wildman–Crippen MR) is 72.7 cm³/mol. The molecule has 1 aromatic carbocycles. The van der Waals surface area contributed by atoms with E-state index in [1.165, 1.54) is 5.56 Å². The number of carbonyl (C=O) groups is 1. The Morgan fingerprint density at radius 3 is 2.71 bits per heavy atom. The van der Waals surface area contributed by atoms with E-state index < -0.39 is 0 Å². The van der Waals surface area contributed by atoms with Crippen molar-refractivity contribution in [3.05, 3.63) is 47.7 Å². The summed E-state index contributed by atoms with van der Waals surface area (Å²) in [5.41, 5.74) is 4.30. The molecule has 0 aliphatic rings. The maximum atomic E-state index is 10.4. The fraction of sp³-hybridized carbons (Fsp3) is 0.214. The van der Waals surface area contributed by atoms with Crippen LogP contribution in [0.1, 0.15) is 18.1 Å². The van der Waals surface area contributed by atoms with E-state index in [1.807, 2.05) is 39.1 Å². The largest absolute Gasteiger partial charge is 0.388 e. The summed E-state index contributed by atoms with van der Waals surface area (Å²) < 4.78 is 0. The third-order valence-electron chi connectivity index (χ3n) is 2.49. The van der Waals surface area contributed by atoms with Gasteiger partial charge in [0.15, 0.2) is 0 Å². The van der Waals surface area contributed by atoms with Gasteiger partial charge in [-0.25, -0.2) is 0 Å². The molecule has 2 N–H and O–H groups in total. The van der Waals surface area contributed by atoms with E-state index in [1.54, 1.807) is 6.20 Å². The smallest absolute Gasteiger partial charge is 0.211 e. The Kier molecular flexibility index (Phi) is 5.01. The van der Waals surface area contributed by atoms with Crippen molar-refractivity contribution >= 4 is 17.7 Å². The molecule has 0 saturated heterocycles. The van der Waals surface area contributed by atoms with Crippen molar-refractivity contribution in [2.75, 3.05) is 12.4 Å². The molecule has 3 heteroatoms. The Hall–Kier alpha value is -2.03. The maximum Gasteiger partial charge on any atom is 0.211 e. The highest BCUT2D eigenvalue weighted by atomic mass is 16.1. The zero-order valence-electron chi connectivity index (χ0n) is 10.4. The quantitative estimate of drug-likeness (QED) is 0.603. The number of carbonyl (C=O) groups excluding carboxylic acids is 1. The fourth-order valence-electron chi connectivity index (χ4n) is 1.61. The number of aryl methyl sites for hydroxylation is 1. The third-order valence-corrected chi connectivity index (χ3v) is 2.49. The van der Waals surface area contributed by atoms with E-state index in [4.69, 9.17) is 0 Å². The van der Waals surface area contributed by atoms with Gasteiger partial charge in [0.2, 0.25) is 6.41 Å². The van der Waals surface area contributed by atoms with Crippen LogP contribution in [0.25, 0.3) is 5.57 Å². The number of nitrogens with one attached hydrogen (secondary N) is 2. The van der Waals surface area contributed by atoms with Crippen molar-refractivity contribution < 1.29 is 4.79 Å². The molecule has 0 radical (unpaired) electrons. The molecule has 0 atom stereocenters. The molecule has 1 rings (SSSR count). The van der Waals surface area contributed by atoms with Gasteiger partial charge in [0.1, 0.15) is 0 Å². The second-order valence-electron chi connectivity index (χ2n) is 3.66. The van der Waals surface area contributed by atoms with Crippen LogP contribution in [0.4, 0.5) is 5.69 Å². The second-order valence-corrected chi connectivity index (χ2v) is 3.66. The second kappa shape index (κ2) is 6.53. The van der Waals surface area contributed by atoms with Gasteiger partial charge in [0, 0.05) is 18.9 Å². The van der Waals surface area contributed by atoms with Gasteiger partial charge < -0.3 is 10.6 Å². The molecule has 0 aliphatic carbocycles. The van der Waals surface area contributed by atoms with E-state index in [0.29, 0.717) is 6.41 Å². The van der Waals surface area contributed by atoms with Crippen LogP contribution in [0.15, 0.2) is 36.6 Å². The summed E-state index contributed by atoms with van der Waals surface area (Å²) in [5.74, 6) is 0. The summed E-state index contributed by atoms with van der Waals surface area (Å²) in [7, 11) is 1.89. The lowest BCUT2D eigenvalue weighted by Crippen LogP contribution is -2.02. The van der Waals surface area contributed by atoms with Crippen molar-refractivity contribution in [1.29, 1.82) is 0 Å². The highest BCUT2D eigenvalue weighted by Crippen LogP contribution is 2.23. The molecule has 0 aliphatic heterocycles. The van der Waals surface area contributed by atoms with Crippen molar-refractivity contribution in [2.45, 2.75) is 13.8 Å². The standard InChI is InChI=1S/C14H18N2O/c1-4-5-12(9-16-10-17)14-8-13(15-3)7-6-11(14)2/h4-10,15H,1-3H3,(H,16,17)/b5-4-,12-9+. The monoisotopic (exact) mass is 230 g/mol. The first-order valence-electron chi connectivity index (χ1n) is 5.54. The summed E-state index contributed by atoms with van der Waals surface area (Å²) in [4.78, 5) is 10.4. The summed E-state index contributed by atoms with van der Waals surface area (Å²) in [6, 6.07) is 6.15. The summed E-state index contributed by atoms with van der Waals surface area (Å²) >= 11 is 0. The molecule has 0 bridgehead atoms. The number of hydrogen-bond donors (Lipinski definition) is 2. The minimum absolute atomic E-state index is 0.667. The Morgan fingerprint density at radius 1 is 1.35 bits per heavy atom. The Labute approximate surface area is 102 Å². The van der Waals surface area contributed by atoms with Gasteiger partial charge in [-0.15, -0.1) is 0 Å². The average Bonchev–Trinajstić information content (AvgIpc) is 2.35. The van der Waals surface area contributed by atoms with E-state index in [-0.39, 0.29) is 0 Å². The number of anilines is 1. The molecule has 0 fully saturated rings. The topological polar surface area (TPSA) is 41.1 Å². The first-order valence-corrected chi connectivity index (χ1v) is 5.54. The molecular weight excluding hydrogens is 212 g/mol. The molecule has 17 heavy (non-hydrogen) atoms. The van der Waals surface area contributed by atoms with Crippen LogP contribution >= 0.6 is 0 Å². The molecule has 0 aromatic heterocycles. The number of rotatable bonds is 5. The van der Waals surface area contributed by atoms with Gasteiger partial charge in [-0.1, -0.05) is 18.2 Å². The molecule has 0 saturated carbocycles. The van der Waals surface area contributed by atoms with Crippen molar-refractivity contribution in [3.8, 4) is 0 Å². The molecule has 1 aromatic rings. The molecule has 1 amide bonds. The summed E-state index contributed by atoms with van der Waals surface area (Å²) in [6.45, 7) is 4.00. The Bertz CT molecular complexity index is 448. The number of benzene rings is 1. The maximum absolute atomic E-state index is 10.4. The lowest BCUT2D eigenvalue weighted by atomic mass is 10.00. The normalized spacial score (nSPS) is 11.6. The molecule has 0 spiro atoms. The molecule has 90 valence electrons. The number of amides is 1. The van der Waals surface area contributed by atoms with E-state index in [0.717, 1.165) is 16.8 Å². The first kappa shape index (κ1) is 13.0. The minimum atomic E-state index is 0.667. The van der Waals surface area contributed by atoms with E-state index in [9.17, 15) is 4.79 Å². The number of allylic oxidation sites excluding steroid dienone is 3. The van der Waals surface area contributed by atoms with Crippen molar-refractivity contribution in [1.82, 2.24) is 5.32 Å². The van der Waals surface area contributed by atoms with Crippen molar-refractivity contribution in [3.63, 3.8) is 0 Å². The van der Waals surface area contributed by atoms with Gasteiger partial charge in [0.25, 0.3) is 0 Å². The van der Waals surface area contributed by atoms with Crippen LogP contribution in [0, 0.1) is 6.92 Å². The minimum Gasteiger partial charge on any atom is -0.388 e. The van der Waals surface area contributed by atoms with Crippen LogP contribution < -0.4 is 10.6 Å². The highest BCUT2D eigenvalue weighted by molar-refractivity contribution is 5.78. The zero-order chi connectivity index (χ0) is 12.7. The lowest BCUT2D eigenvalue weighted by Gasteiger charge is -2.10. The molecule has 3 nitrogen and oxygen atoms in total. The van der Waals surface area contributed by atoms with E-state index >= 15 is 0 Å². The van der Waals surface area contributed by atoms with Gasteiger partial charge >= 0.3 is 0 Å². The zero-order valence-corrected chi connectivity index (χ0v) is 10.4. The SMILES string of the molecule is C/C=C\C(=C/NC=O)c1cc(NC)ccc1C. The van der Waals surface area contributed by atoms with Crippen LogP contribution in [-0.2, 0) is 4.79 Å². The number of hydrogen-bond acceptors (Lipinski definition) is 2. The third kappa shape index (κ3) is 3.48. The van der Waals surface area contributed by atoms with Gasteiger partial charge in [0.05, 0.1) is 0 Å². The van der Waals surface area contributed by atoms with E-state index in [2.05, 4.69) is 22.8 Å². The van der Waals surface area contributed by atoms with Gasteiger partial charge in [-0.05, 0) is 42.7 Å². The average molecular weight is 230 g/mol. The molecular formula is C14H18N2O. The highest BCUT2D eigenvalue weighted by Gasteiger charge is 2.03. The van der Waals surface area contributed by atoms with Gasteiger partial charge in [-0.3, -0.25) is 4.79 Å². The summed E-state index contributed by atoms with van der Waals surface area (Å²) in [5, 5.41) is 5.69. The Morgan fingerprint density at radius 2 is 2.12 bits per heavy atom. The predicted octanol–water partition coefficient (Wildman–Crippen LogP) is 2.70. The van der Waals surface area contributed by atoms with Crippen LogP contribution in [0.5, 0.6) is 0 Å². The van der Waals surface area contributed by atoms with Crippen LogP contribution in [-0.4, -0.2) is 13.5 Å². The fourth-order valence-corrected chi connectivity index (χ4v) is 1.61. The lowest BCUT2D eigenvalue weighted by molar-refractivity contribution is -0.108. The molecule has 0 heterocycles. The Balaban J connectivity index is 3.21. The first-order chi connectivity index (χ1) is 8.22. The van der Waals surface area contributed by atoms with Crippen molar-refractivity contribution in [2.24, 2.45) is 0 Å². The summed E-state index contributed by atoms with van der Waals surface area (Å²) in [6.07, 6.45) is 6.29. The molecule has 0 unspecified atom stereocenters. The van der Waals surface area contributed by atoms with Crippen LogP contribution in [0.2, 0.25) is 0 Å². The van der Waals surface area contributed by atoms with Gasteiger partial charge in [-0.2, -0.15) is 0 Å². The van der Waals surface area contributed by atoms with Crippen LogP contribution in [0.3, 0.4) is 0 Å².